The maximum atomic E-state index is 12.2. The van der Waals surface area contributed by atoms with Gasteiger partial charge in [-0.3, -0.25) is 4.79 Å². The second-order valence-electron chi connectivity index (χ2n) is 5.94. The van der Waals surface area contributed by atoms with Crippen LogP contribution in [0.3, 0.4) is 0 Å². The van der Waals surface area contributed by atoms with E-state index in [9.17, 15) is 4.79 Å². The zero-order valence-electron chi connectivity index (χ0n) is 13.8. The lowest BCUT2D eigenvalue weighted by molar-refractivity contribution is -0.121. The molecule has 1 amide bonds. The van der Waals surface area contributed by atoms with Gasteiger partial charge in [-0.25, -0.2) is 0 Å². The van der Waals surface area contributed by atoms with Crippen LogP contribution in [0.1, 0.15) is 24.1 Å². The molecule has 0 aliphatic heterocycles. The van der Waals surface area contributed by atoms with E-state index in [0.717, 1.165) is 11.1 Å². The molecule has 3 aromatic carbocycles. The van der Waals surface area contributed by atoms with Crippen molar-refractivity contribution in [3.63, 3.8) is 0 Å². The van der Waals surface area contributed by atoms with Crippen LogP contribution < -0.4 is 5.32 Å². The van der Waals surface area contributed by atoms with Crippen LogP contribution in [0.4, 0.5) is 0 Å². The van der Waals surface area contributed by atoms with Gasteiger partial charge in [0.15, 0.2) is 0 Å². The average Bonchev–Trinajstić information content (AvgIpc) is 2.63. The second kappa shape index (κ2) is 7.60. The van der Waals surface area contributed by atoms with Crippen LogP contribution in [-0.2, 0) is 11.2 Å². The van der Waals surface area contributed by atoms with Crippen molar-refractivity contribution >= 4 is 5.91 Å². The van der Waals surface area contributed by atoms with E-state index in [1.165, 1.54) is 11.1 Å². The maximum Gasteiger partial charge on any atom is 0.224 e. The van der Waals surface area contributed by atoms with Crippen LogP contribution in [0.5, 0.6) is 0 Å². The van der Waals surface area contributed by atoms with Crippen molar-refractivity contribution in [1.82, 2.24) is 5.32 Å². The van der Waals surface area contributed by atoms with E-state index in [1.54, 1.807) is 0 Å². The Balaban J connectivity index is 1.63. The Labute approximate surface area is 143 Å². The molecule has 1 atom stereocenters. The van der Waals surface area contributed by atoms with Gasteiger partial charge in [-0.15, -0.1) is 0 Å². The Hall–Kier alpha value is -2.87. The van der Waals surface area contributed by atoms with E-state index in [4.69, 9.17) is 0 Å². The molecule has 0 aliphatic carbocycles. The largest absolute Gasteiger partial charge is 0.349 e. The normalized spacial score (nSPS) is 11.7. The average molecular weight is 315 g/mol. The lowest BCUT2D eigenvalue weighted by Gasteiger charge is -2.15. The summed E-state index contributed by atoms with van der Waals surface area (Å²) in [6.45, 7) is 2.01. The fourth-order valence-electron chi connectivity index (χ4n) is 2.75. The van der Waals surface area contributed by atoms with E-state index in [1.807, 2.05) is 55.5 Å². The Kier molecular flexibility index (Phi) is 5.07. The fourth-order valence-corrected chi connectivity index (χ4v) is 2.75. The van der Waals surface area contributed by atoms with Crippen LogP contribution in [0, 0.1) is 0 Å². The molecule has 120 valence electrons. The van der Waals surface area contributed by atoms with Crippen LogP contribution in [-0.4, -0.2) is 5.91 Å². The summed E-state index contributed by atoms with van der Waals surface area (Å²) in [4.78, 5) is 12.2. The molecule has 1 unspecified atom stereocenters. The van der Waals surface area contributed by atoms with Gasteiger partial charge in [0.25, 0.3) is 0 Å². The summed E-state index contributed by atoms with van der Waals surface area (Å²) in [6, 6.07) is 28.4. The van der Waals surface area contributed by atoms with Gasteiger partial charge in [-0.2, -0.15) is 0 Å². The Morgan fingerprint density at radius 1 is 0.792 bits per heavy atom. The fraction of sp³-hybridized carbons (Fsp3) is 0.136. The predicted octanol–water partition coefficient (Wildman–Crippen LogP) is 4.77. The van der Waals surface area contributed by atoms with Crippen molar-refractivity contribution in [1.29, 1.82) is 0 Å². The molecule has 3 aromatic rings. The van der Waals surface area contributed by atoms with Gasteiger partial charge < -0.3 is 5.32 Å². The van der Waals surface area contributed by atoms with Gasteiger partial charge in [0.2, 0.25) is 5.91 Å². The number of hydrogen-bond acceptors (Lipinski definition) is 1. The summed E-state index contributed by atoms with van der Waals surface area (Å²) in [5, 5.41) is 3.06. The van der Waals surface area contributed by atoms with Gasteiger partial charge >= 0.3 is 0 Å². The Morgan fingerprint density at radius 3 is 1.96 bits per heavy atom. The second-order valence-corrected chi connectivity index (χ2v) is 5.94. The number of benzene rings is 3. The molecule has 1 N–H and O–H groups in total. The van der Waals surface area contributed by atoms with Crippen molar-refractivity contribution in [2.45, 2.75) is 19.4 Å². The lowest BCUT2D eigenvalue weighted by Crippen LogP contribution is -2.28. The van der Waals surface area contributed by atoms with Crippen LogP contribution in [0.25, 0.3) is 11.1 Å². The first-order valence-corrected chi connectivity index (χ1v) is 8.21. The minimum absolute atomic E-state index is 0.00830. The molecule has 0 bridgehead atoms. The topological polar surface area (TPSA) is 29.1 Å². The van der Waals surface area contributed by atoms with E-state index in [-0.39, 0.29) is 11.9 Å². The van der Waals surface area contributed by atoms with Crippen molar-refractivity contribution < 1.29 is 4.79 Å². The molecule has 0 aromatic heterocycles. The highest BCUT2D eigenvalue weighted by atomic mass is 16.1. The van der Waals surface area contributed by atoms with E-state index in [0.29, 0.717) is 6.42 Å². The van der Waals surface area contributed by atoms with Crippen molar-refractivity contribution in [2.24, 2.45) is 0 Å². The number of carbonyl (C=O) groups excluding carboxylic acids is 1. The van der Waals surface area contributed by atoms with Crippen molar-refractivity contribution in [3.8, 4) is 11.1 Å². The van der Waals surface area contributed by atoms with Gasteiger partial charge in [-0.1, -0.05) is 84.9 Å². The van der Waals surface area contributed by atoms with Crippen LogP contribution in [0.2, 0.25) is 0 Å². The smallest absolute Gasteiger partial charge is 0.224 e. The number of hydrogen-bond donors (Lipinski definition) is 1. The predicted molar refractivity (Wildman–Crippen MR) is 98.6 cm³/mol. The van der Waals surface area contributed by atoms with Gasteiger partial charge in [0.1, 0.15) is 0 Å². The summed E-state index contributed by atoms with van der Waals surface area (Å²) in [7, 11) is 0. The molecule has 0 spiro atoms. The first-order chi connectivity index (χ1) is 11.7. The first kappa shape index (κ1) is 16.0. The monoisotopic (exact) mass is 315 g/mol. The molecule has 0 saturated heterocycles. The molecule has 24 heavy (non-hydrogen) atoms. The maximum absolute atomic E-state index is 12.2. The van der Waals surface area contributed by atoms with E-state index in [2.05, 4.69) is 41.7 Å². The van der Waals surface area contributed by atoms with Crippen LogP contribution in [0.15, 0.2) is 84.9 Å². The highest BCUT2D eigenvalue weighted by Gasteiger charge is 2.10. The van der Waals surface area contributed by atoms with Gasteiger partial charge in [0.05, 0.1) is 12.5 Å². The lowest BCUT2D eigenvalue weighted by atomic mass is 10.0. The molecule has 0 saturated carbocycles. The molecular formula is C22H21NO. The van der Waals surface area contributed by atoms with Gasteiger partial charge in [0, 0.05) is 0 Å². The Bertz CT molecular complexity index is 779. The number of nitrogens with one attached hydrogen (secondary N) is 1. The summed E-state index contributed by atoms with van der Waals surface area (Å²) < 4.78 is 0. The highest BCUT2D eigenvalue weighted by molar-refractivity contribution is 5.79. The molecule has 3 rings (SSSR count). The standard InChI is InChI=1S/C22H21NO/c1-17(23-22(24)16-18-8-4-2-5-9-18)19-12-14-21(15-13-19)20-10-6-3-7-11-20/h2-15,17H,16H2,1H3,(H,23,24). The molecule has 2 heteroatoms. The molecular weight excluding hydrogens is 294 g/mol. The van der Waals surface area contributed by atoms with Crippen LogP contribution >= 0.6 is 0 Å². The third-order valence-corrected chi connectivity index (χ3v) is 4.10. The molecule has 0 heterocycles. The molecule has 2 nitrogen and oxygen atoms in total. The van der Waals surface area contributed by atoms with Crippen molar-refractivity contribution in [2.75, 3.05) is 0 Å². The molecule has 0 fully saturated rings. The zero-order chi connectivity index (χ0) is 16.8. The minimum atomic E-state index is -0.00830. The summed E-state index contributed by atoms with van der Waals surface area (Å²) in [6.07, 6.45) is 0.410. The van der Waals surface area contributed by atoms with E-state index >= 15 is 0 Å². The van der Waals surface area contributed by atoms with E-state index < -0.39 is 0 Å². The number of carbonyl (C=O) groups is 1. The third kappa shape index (κ3) is 4.11. The minimum Gasteiger partial charge on any atom is -0.349 e. The summed E-state index contributed by atoms with van der Waals surface area (Å²) >= 11 is 0. The summed E-state index contributed by atoms with van der Waals surface area (Å²) in [5.41, 5.74) is 4.52. The number of amides is 1. The molecule has 0 radical (unpaired) electrons. The third-order valence-electron chi connectivity index (χ3n) is 4.10. The van der Waals surface area contributed by atoms with Crippen molar-refractivity contribution in [3.05, 3.63) is 96.1 Å². The number of rotatable bonds is 5. The quantitative estimate of drug-likeness (QED) is 0.721. The first-order valence-electron chi connectivity index (χ1n) is 8.21. The summed E-state index contributed by atoms with van der Waals surface area (Å²) in [5.74, 6) is 0.0424. The van der Waals surface area contributed by atoms with Gasteiger partial charge in [-0.05, 0) is 29.2 Å². The zero-order valence-corrected chi connectivity index (χ0v) is 13.8. The Morgan fingerprint density at radius 2 is 1.33 bits per heavy atom. The molecule has 0 aliphatic rings. The SMILES string of the molecule is CC(NC(=O)Cc1ccccc1)c1ccc(-c2ccccc2)cc1. The highest BCUT2D eigenvalue weighted by Crippen LogP contribution is 2.21.